The highest BCUT2D eigenvalue weighted by Gasteiger charge is 2.11. The molecular weight excluding hydrogens is 186 g/mol. The van der Waals surface area contributed by atoms with Crippen molar-refractivity contribution in [1.29, 1.82) is 0 Å². The molecular formula is C9H21NO4. The molecule has 5 nitrogen and oxygen atoms in total. The second kappa shape index (κ2) is 9.36. The molecule has 0 amide bonds. The Hall–Kier alpha value is -0.200. The van der Waals surface area contributed by atoms with Crippen LogP contribution in [0.1, 0.15) is 13.8 Å². The van der Waals surface area contributed by atoms with Crippen molar-refractivity contribution in [3.8, 4) is 0 Å². The Morgan fingerprint density at radius 1 is 1.07 bits per heavy atom. The zero-order chi connectivity index (χ0) is 10.8. The number of nitrogens with one attached hydrogen (secondary N) is 1. The molecule has 0 aliphatic heterocycles. The maximum atomic E-state index is 8.79. The highest BCUT2D eigenvalue weighted by Crippen LogP contribution is 1.94. The van der Waals surface area contributed by atoms with Gasteiger partial charge in [0.05, 0.1) is 19.3 Å². The Labute approximate surface area is 85.0 Å². The zero-order valence-electron chi connectivity index (χ0n) is 8.90. The summed E-state index contributed by atoms with van der Waals surface area (Å²) in [6.45, 7) is 5.21. The van der Waals surface area contributed by atoms with Gasteiger partial charge in [0.25, 0.3) is 0 Å². The van der Waals surface area contributed by atoms with E-state index in [4.69, 9.17) is 19.7 Å². The largest absolute Gasteiger partial charge is 0.395 e. The van der Waals surface area contributed by atoms with E-state index in [0.29, 0.717) is 19.8 Å². The van der Waals surface area contributed by atoms with Gasteiger partial charge in [-0.05, 0) is 13.8 Å². The third kappa shape index (κ3) is 6.28. The quantitative estimate of drug-likeness (QED) is 0.437. The molecule has 0 bridgehead atoms. The van der Waals surface area contributed by atoms with Crippen LogP contribution in [0, 0.1) is 0 Å². The third-order valence-electron chi connectivity index (χ3n) is 1.72. The average molecular weight is 207 g/mol. The summed E-state index contributed by atoms with van der Waals surface area (Å²) in [7, 11) is 0. The van der Waals surface area contributed by atoms with Crippen LogP contribution < -0.4 is 5.32 Å². The van der Waals surface area contributed by atoms with Crippen molar-refractivity contribution in [2.75, 3.05) is 33.0 Å². The first-order valence-corrected chi connectivity index (χ1v) is 4.96. The van der Waals surface area contributed by atoms with Gasteiger partial charge in [0.2, 0.25) is 0 Å². The lowest BCUT2D eigenvalue weighted by molar-refractivity contribution is -0.134. The summed E-state index contributed by atoms with van der Waals surface area (Å²) in [5, 5.41) is 20.5. The minimum atomic E-state index is -0.314. The summed E-state index contributed by atoms with van der Waals surface area (Å²) >= 11 is 0. The standard InChI is InChI=1S/C9H21NO4/c1-3-13-9(14-4-2)5-10-8(6-11)7-12/h8-12H,3-7H2,1-2H3. The van der Waals surface area contributed by atoms with E-state index in [1.807, 2.05) is 13.8 Å². The van der Waals surface area contributed by atoms with Crippen molar-refractivity contribution in [3.05, 3.63) is 0 Å². The van der Waals surface area contributed by atoms with Gasteiger partial charge in [0.1, 0.15) is 0 Å². The molecule has 0 spiro atoms. The molecule has 0 heterocycles. The van der Waals surface area contributed by atoms with Crippen molar-refractivity contribution in [2.24, 2.45) is 0 Å². The van der Waals surface area contributed by atoms with Gasteiger partial charge in [0, 0.05) is 19.8 Å². The van der Waals surface area contributed by atoms with Gasteiger partial charge in [-0.15, -0.1) is 0 Å². The topological polar surface area (TPSA) is 71.0 Å². The van der Waals surface area contributed by atoms with Crippen LogP contribution in [0.3, 0.4) is 0 Å². The van der Waals surface area contributed by atoms with E-state index in [-0.39, 0.29) is 25.5 Å². The van der Waals surface area contributed by atoms with E-state index < -0.39 is 0 Å². The minimum absolute atomic E-state index is 0.0958. The van der Waals surface area contributed by atoms with Gasteiger partial charge in [-0.3, -0.25) is 0 Å². The molecule has 0 saturated carbocycles. The fraction of sp³-hybridized carbons (Fsp3) is 1.00. The van der Waals surface area contributed by atoms with Crippen LogP contribution in [-0.4, -0.2) is 55.5 Å². The van der Waals surface area contributed by atoms with E-state index in [0.717, 1.165) is 0 Å². The maximum absolute atomic E-state index is 8.79. The Balaban J connectivity index is 3.67. The van der Waals surface area contributed by atoms with E-state index in [1.54, 1.807) is 0 Å². The highest BCUT2D eigenvalue weighted by molar-refractivity contribution is 4.64. The Bertz CT molecular complexity index is 113. The van der Waals surface area contributed by atoms with Crippen molar-refractivity contribution < 1.29 is 19.7 Å². The molecule has 0 radical (unpaired) electrons. The summed E-state index contributed by atoms with van der Waals surface area (Å²) in [6.07, 6.45) is -0.314. The molecule has 14 heavy (non-hydrogen) atoms. The lowest BCUT2D eigenvalue weighted by Gasteiger charge is -2.20. The molecule has 0 aliphatic carbocycles. The summed E-state index contributed by atoms with van der Waals surface area (Å²) in [5.41, 5.74) is 0. The lowest BCUT2D eigenvalue weighted by Crippen LogP contribution is -2.42. The van der Waals surface area contributed by atoms with E-state index in [1.165, 1.54) is 0 Å². The second-order valence-electron chi connectivity index (χ2n) is 2.81. The van der Waals surface area contributed by atoms with Crippen molar-refractivity contribution in [1.82, 2.24) is 5.32 Å². The zero-order valence-corrected chi connectivity index (χ0v) is 8.90. The molecule has 0 aromatic carbocycles. The summed E-state index contributed by atoms with van der Waals surface area (Å²) in [6, 6.07) is -0.307. The predicted molar refractivity (Wildman–Crippen MR) is 53.0 cm³/mol. The number of aliphatic hydroxyl groups is 2. The first-order valence-electron chi connectivity index (χ1n) is 4.96. The molecule has 0 atom stereocenters. The van der Waals surface area contributed by atoms with Crippen LogP contribution in [0.5, 0.6) is 0 Å². The van der Waals surface area contributed by atoms with Crippen molar-refractivity contribution in [2.45, 2.75) is 26.2 Å². The first-order chi connectivity index (χ1) is 6.78. The fourth-order valence-corrected chi connectivity index (χ4v) is 0.987. The minimum Gasteiger partial charge on any atom is -0.395 e. The number of hydrogen-bond donors (Lipinski definition) is 3. The summed E-state index contributed by atoms with van der Waals surface area (Å²) < 4.78 is 10.5. The molecule has 86 valence electrons. The van der Waals surface area contributed by atoms with E-state index in [9.17, 15) is 0 Å². The fourth-order valence-electron chi connectivity index (χ4n) is 0.987. The van der Waals surface area contributed by atoms with Crippen LogP contribution in [0.25, 0.3) is 0 Å². The van der Waals surface area contributed by atoms with E-state index >= 15 is 0 Å². The summed E-state index contributed by atoms with van der Waals surface area (Å²) in [5.74, 6) is 0. The van der Waals surface area contributed by atoms with Crippen LogP contribution in [-0.2, 0) is 9.47 Å². The van der Waals surface area contributed by atoms with Gasteiger partial charge < -0.3 is 25.0 Å². The molecule has 0 fully saturated rings. The molecule has 5 heteroatoms. The highest BCUT2D eigenvalue weighted by atomic mass is 16.7. The van der Waals surface area contributed by atoms with Gasteiger partial charge >= 0.3 is 0 Å². The van der Waals surface area contributed by atoms with Crippen molar-refractivity contribution >= 4 is 0 Å². The van der Waals surface area contributed by atoms with Gasteiger partial charge in [-0.1, -0.05) is 0 Å². The van der Waals surface area contributed by atoms with Crippen molar-refractivity contribution in [3.63, 3.8) is 0 Å². The SMILES string of the molecule is CCOC(CNC(CO)CO)OCC. The van der Waals surface area contributed by atoms with Gasteiger partial charge in [-0.25, -0.2) is 0 Å². The van der Waals surface area contributed by atoms with Gasteiger partial charge in [0.15, 0.2) is 6.29 Å². The number of rotatable bonds is 9. The Morgan fingerprint density at radius 2 is 1.57 bits per heavy atom. The monoisotopic (exact) mass is 207 g/mol. The Kier molecular flexibility index (Phi) is 9.23. The molecule has 0 aliphatic rings. The molecule has 0 aromatic rings. The third-order valence-corrected chi connectivity index (χ3v) is 1.72. The van der Waals surface area contributed by atoms with Gasteiger partial charge in [-0.2, -0.15) is 0 Å². The summed E-state index contributed by atoms with van der Waals surface area (Å²) in [4.78, 5) is 0. The van der Waals surface area contributed by atoms with Crippen LogP contribution in [0.4, 0.5) is 0 Å². The molecule has 0 saturated heterocycles. The van der Waals surface area contributed by atoms with E-state index in [2.05, 4.69) is 5.32 Å². The number of aliphatic hydroxyl groups excluding tert-OH is 2. The lowest BCUT2D eigenvalue weighted by atomic mass is 10.3. The number of ether oxygens (including phenoxy) is 2. The Morgan fingerprint density at radius 3 is 1.93 bits per heavy atom. The first kappa shape index (κ1) is 13.8. The normalized spacial score (nSPS) is 11.6. The van der Waals surface area contributed by atoms with Crippen LogP contribution in [0.15, 0.2) is 0 Å². The second-order valence-corrected chi connectivity index (χ2v) is 2.81. The maximum Gasteiger partial charge on any atom is 0.169 e. The molecule has 0 aromatic heterocycles. The smallest absolute Gasteiger partial charge is 0.169 e. The molecule has 0 unspecified atom stereocenters. The number of hydrogen-bond acceptors (Lipinski definition) is 5. The predicted octanol–water partition coefficient (Wildman–Crippen LogP) is -0.672. The van der Waals surface area contributed by atoms with Crippen LogP contribution in [0.2, 0.25) is 0 Å². The van der Waals surface area contributed by atoms with Crippen LogP contribution >= 0.6 is 0 Å². The molecule has 0 rings (SSSR count). The average Bonchev–Trinajstić information content (AvgIpc) is 2.20. The molecule has 3 N–H and O–H groups in total.